The first-order valence-corrected chi connectivity index (χ1v) is 7.52. The quantitative estimate of drug-likeness (QED) is 0.800. The summed E-state index contributed by atoms with van der Waals surface area (Å²) >= 11 is 5.92. The van der Waals surface area contributed by atoms with E-state index in [4.69, 9.17) is 11.6 Å². The molecule has 0 radical (unpaired) electrons. The summed E-state index contributed by atoms with van der Waals surface area (Å²) in [6.45, 7) is 0.413. The van der Waals surface area contributed by atoms with Gasteiger partial charge in [0.05, 0.1) is 0 Å². The molecule has 3 rings (SSSR count). The number of nitrogens with zero attached hydrogens (tertiary/aromatic N) is 2. The Balaban J connectivity index is 1.71. The number of hydrogen-bond acceptors (Lipinski definition) is 3. The molecule has 5 nitrogen and oxygen atoms in total. The van der Waals surface area contributed by atoms with Crippen LogP contribution in [0.2, 0.25) is 5.02 Å². The minimum absolute atomic E-state index is 0.0276. The Morgan fingerprint density at radius 3 is 2.91 bits per heavy atom. The minimum atomic E-state index is -0.428. The Kier molecular flexibility index (Phi) is 4.39. The summed E-state index contributed by atoms with van der Waals surface area (Å²) < 4.78 is 1.35. The lowest BCUT2D eigenvalue weighted by Crippen LogP contribution is -2.32. The molecule has 0 unspecified atom stereocenters. The van der Waals surface area contributed by atoms with Crippen LogP contribution in [-0.4, -0.2) is 21.8 Å². The number of hydrogen-bond donors (Lipinski definition) is 1. The van der Waals surface area contributed by atoms with Crippen LogP contribution in [0.15, 0.2) is 59.7 Å². The van der Waals surface area contributed by atoms with Gasteiger partial charge in [0, 0.05) is 24.0 Å². The number of benzene rings is 1. The molecule has 3 aromatic rings. The molecule has 0 fully saturated rings. The normalized spacial score (nSPS) is 10.7. The van der Waals surface area contributed by atoms with Gasteiger partial charge in [-0.1, -0.05) is 29.8 Å². The van der Waals surface area contributed by atoms with Gasteiger partial charge in [0.2, 0.25) is 0 Å². The maximum atomic E-state index is 12.3. The average molecular weight is 328 g/mol. The third-order valence-corrected chi connectivity index (χ3v) is 3.68. The predicted octanol–water partition coefficient (Wildman–Crippen LogP) is 2.32. The highest BCUT2D eigenvalue weighted by Gasteiger charge is 2.12. The smallest absolute Gasteiger partial charge is 0.270 e. The molecule has 0 atom stereocenters. The van der Waals surface area contributed by atoms with Crippen LogP contribution in [0, 0.1) is 0 Å². The first kappa shape index (κ1) is 15.2. The van der Waals surface area contributed by atoms with E-state index in [-0.39, 0.29) is 11.1 Å². The van der Waals surface area contributed by atoms with Gasteiger partial charge in [-0.05, 0) is 36.2 Å². The highest BCUT2D eigenvalue weighted by molar-refractivity contribution is 6.30. The molecule has 0 saturated heterocycles. The van der Waals surface area contributed by atoms with Crippen molar-refractivity contribution in [3.05, 3.63) is 81.4 Å². The number of pyridine rings is 1. The van der Waals surface area contributed by atoms with Crippen molar-refractivity contribution in [2.45, 2.75) is 6.42 Å². The van der Waals surface area contributed by atoms with Crippen LogP contribution in [-0.2, 0) is 6.42 Å². The number of aromatic nitrogens is 2. The lowest BCUT2D eigenvalue weighted by Gasteiger charge is -2.06. The van der Waals surface area contributed by atoms with Crippen LogP contribution in [0.25, 0.3) is 5.65 Å². The van der Waals surface area contributed by atoms with Crippen LogP contribution < -0.4 is 10.9 Å². The molecule has 0 aliphatic carbocycles. The van der Waals surface area contributed by atoms with Gasteiger partial charge in [0.15, 0.2) is 0 Å². The van der Waals surface area contributed by atoms with Crippen LogP contribution >= 0.6 is 11.6 Å². The second-order valence-corrected chi connectivity index (χ2v) is 5.48. The van der Waals surface area contributed by atoms with E-state index >= 15 is 0 Å². The third kappa shape index (κ3) is 3.40. The first-order chi connectivity index (χ1) is 11.1. The SMILES string of the molecule is O=C(NCCc1cccc(Cl)c1)c1cnc2ccccn2c1=O. The molecule has 1 aromatic carbocycles. The summed E-state index contributed by atoms with van der Waals surface area (Å²) in [5, 5.41) is 3.40. The average Bonchev–Trinajstić information content (AvgIpc) is 2.55. The topological polar surface area (TPSA) is 63.5 Å². The highest BCUT2D eigenvalue weighted by Crippen LogP contribution is 2.10. The third-order valence-electron chi connectivity index (χ3n) is 3.45. The Morgan fingerprint density at radius 2 is 2.09 bits per heavy atom. The number of carbonyl (C=O) groups excluding carboxylic acids is 1. The van der Waals surface area contributed by atoms with E-state index in [1.807, 2.05) is 18.2 Å². The predicted molar refractivity (Wildman–Crippen MR) is 89.0 cm³/mol. The number of rotatable bonds is 4. The zero-order valence-corrected chi connectivity index (χ0v) is 13.0. The molecule has 0 bridgehead atoms. The van der Waals surface area contributed by atoms with E-state index in [1.54, 1.807) is 30.5 Å². The summed E-state index contributed by atoms with van der Waals surface area (Å²) in [7, 11) is 0. The van der Waals surface area contributed by atoms with Crippen LogP contribution in [0.4, 0.5) is 0 Å². The van der Waals surface area contributed by atoms with Gasteiger partial charge in [-0.15, -0.1) is 0 Å². The zero-order chi connectivity index (χ0) is 16.2. The van der Waals surface area contributed by atoms with Gasteiger partial charge in [-0.25, -0.2) is 4.98 Å². The van der Waals surface area contributed by atoms with Gasteiger partial charge >= 0.3 is 0 Å². The van der Waals surface area contributed by atoms with Crippen molar-refractivity contribution in [2.75, 3.05) is 6.54 Å². The maximum Gasteiger partial charge on any atom is 0.270 e. The zero-order valence-electron chi connectivity index (χ0n) is 12.2. The minimum Gasteiger partial charge on any atom is -0.351 e. The molecular weight excluding hydrogens is 314 g/mol. The van der Waals surface area contributed by atoms with E-state index in [9.17, 15) is 9.59 Å². The van der Waals surface area contributed by atoms with Crippen molar-refractivity contribution in [2.24, 2.45) is 0 Å². The molecule has 1 amide bonds. The summed E-state index contributed by atoms with van der Waals surface area (Å²) in [5.41, 5.74) is 1.18. The molecule has 0 aliphatic heterocycles. The number of fused-ring (bicyclic) bond motifs is 1. The van der Waals surface area contributed by atoms with Crippen molar-refractivity contribution in [1.29, 1.82) is 0 Å². The van der Waals surface area contributed by atoms with Crippen molar-refractivity contribution in [3.63, 3.8) is 0 Å². The van der Waals surface area contributed by atoms with E-state index in [0.29, 0.717) is 23.6 Å². The molecule has 0 spiro atoms. The van der Waals surface area contributed by atoms with E-state index in [2.05, 4.69) is 10.3 Å². The fourth-order valence-corrected chi connectivity index (χ4v) is 2.50. The summed E-state index contributed by atoms with van der Waals surface area (Å²) in [5.74, 6) is -0.428. The number of nitrogens with one attached hydrogen (secondary N) is 1. The van der Waals surface area contributed by atoms with Gasteiger partial charge in [0.25, 0.3) is 11.5 Å². The number of amides is 1. The van der Waals surface area contributed by atoms with Gasteiger partial charge in [-0.2, -0.15) is 0 Å². The first-order valence-electron chi connectivity index (χ1n) is 7.14. The van der Waals surface area contributed by atoms with E-state index < -0.39 is 5.91 Å². The standard InChI is InChI=1S/C17H14ClN3O2/c18-13-5-3-4-12(10-13)7-8-19-16(22)14-11-20-15-6-1-2-9-21(15)17(14)23/h1-6,9-11H,7-8H2,(H,19,22). The summed E-state index contributed by atoms with van der Waals surface area (Å²) in [4.78, 5) is 28.6. The Bertz CT molecular complexity index is 921. The van der Waals surface area contributed by atoms with Crippen molar-refractivity contribution >= 4 is 23.2 Å². The van der Waals surface area contributed by atoms with Crippen LogP contribution in [0.5, 0.6) is 0 Å². The molecule has 6 heteroatoms. The molecule has 0 saturated carbocycles. The van der Waals surface area contributed by atoms with Gasteiger partial charge in [0.1, 0.15) is 11.2 Å². The van der Waals surface area contributed by atoms with Gasteiger partial charge < -0.3 is 5.32 Å². The van der Waals surface area contributed by atoms with Crippen molar-refractivity contribution < 1.29 is 4.79 Å². The molecule has 116 valence electrons. The Morgan fingerprint density at radius 1 is 1.22 bits per heavy atom. The van der Waals surface area contributed by atoms with Crippen molar-refractivity contribution in [3.8, 4) is 0 Å². The molecule has 1 N–H and O–H groups in total. The monoisotopic (exact) mass is 327 g/mol. The molecule has 0 aliphatic rings. The van der Waals surface area contributed by atoms with Crippen molar-refractivity contribution in [1.82, 2.24) is 14.7 Å². The molecule has 2 aromatic heterocycles. The van der Waals surface area contributed by atoms with E-state index in [0.717, 1.165) is 5.56 Å². The van der Waals surface area contributed by atoms with Crippen LogP contribution in [0.1, 0.15) is 15.9 Å². The summed E-state index contributed by atoms with van der Waals surface area (Å²) in [6, 6.07) is 12.7. The van der Waals surface area contributed by atoms with Gasteiger partial charge in [-0.3, -0.25) is 14.0 Å². The molecule has 2 heterocycles. The maximum absolute atomic E-state index is 12.3. The largest absolute Gasteiger partial charge is 0.351 e. The summed E-state index contributed by atoms with van der Waals surface area (Å²) in [6.07, 6.45) is 3.54. The lowest BCUT2D eigenvalue weighted by atomic mass is 10.1. The molecular formula is C17H14ClN3O2. The number of halogens is 1. The Hall–Kier alpha value is -2.66. The molecule has 23 heavy (non-hydrogen) atoms. The lowest BCUT2D eigenvalue weighted by molar-refractivity contribution is 0.0952. The Labute approximate surface area is 137 Å². The second kappa shape index (κ2) is 6.62. The van der Waals surface area contributed by atoms with Crippen LogP contribution in [0.3, 0.4) is 0 Å². The van der Waals surface area contributed by atoms with E-state index in [1.165, 1.54) is 10.6 Å². The fraction of sp³-hybridized carbons (Fsp3) is 0.118. The highest BCUT2D eigenvalue weighted by atomic mass is 35.5. The second-order valence-electron chi connectivity index (χ2n) is 5.04. The number of carbonyl (C=O) groups is 1. The fourth-order valence-electron chi connectivity index (χ4n) is 2.29.